The topological polar surface area (TPSA) is 75.3 Å². The summed E-state index contributed by atoms with van der Waals surface area (Å²) in [6.07, 6.45) is 6.94. The van der Waals surface area contributed by atoms with Crippen LogP contribution in [0, 0.1) is 0 Å². The van der Waals surface area contributed by atoms with Crippen molar-refractivity contribution in [3.8, 4) is 5.75 Å². The lowest BCUT2D eigenvalue weighted by atomic mass is 9.97. The zero-order chi connectivity index (χ0) is 22.8. The lowest BCUT2D eigenvalue weighted by Gasteiger charge is -2.25. The number of nitrogens with one attached hydrogen (secondary N) is 1. The highest BCUT2D eigenvalue weighted by molar-refractivity contribution is 7.98. The molecule has 0 saturated carbocycles. The number of thioether (sulfide) groups is 1. The van der Waals surface area contributed by atoms with Crippen LogP contribution in [0.2, 0.25) is 0 Å². The number of H-pyrrole nitrogens is 1. The number of thiophene rings is 1. The summed E-state index contributed by atoms with van der Waals surface area (Å²) in [5, 5.41) is 0.803. The molecule has 0 spiro atoms. The molecule has 2 aliphatic rings. The van der Waals surface area contributed by atoms with Crippen molar-refractivity contribution in [2.75, 3.05) is 19.4 Å². The van der Waals surface area contributed by atoms with E-state index in [1.165, 1.54) is 22.4 Å². The summed E-state index contributed by atoms with van der Waals surface area (Å²) in [6, 6.07) is 8.19. The Morgan fingerprint density at radius 1 is 1.24 bits per heavy atom. The molecule has 3 heterocycles. The number of ether oxygens (including phenoxy) is 1. The molecular formula is C25H29N3O3S2. The second-order valence-corrected chi connectivity index (χ2v) is 10.9. The van der Waals surface area contributed by atoms with Crippen LogP contribution in [0.4, 0.5) is 0 Å². The van der Waals surface area contributed by atoms with E-state index in [9.17, 15) is 9.59 Å². The Hall–Kier alpha value is -2.32. The van der Waals surface area contributed by atoms with Gasteiger partial charge in [-0.1, -0.05) is 12.1 Å². The van der Waals surface area contributed by atoms with E-state index in [1.54, 1.807) is 30.2 Å². The van der Waals surface area contributed by atoms with E-state index in [4.69, 9.17) is 9.72 Å². The number of hydrogen-bond donors (Lipinski definition) is 1. The van der Waals surface area contributed by atoms with Gasteiger partial charge in [-0.15, -0.1) is 11.3 Å². The van der Waals surface area contributed by atoms with E-state index in [1.807, 2.05) is 17.0 Å². The van der Waals surface area contributed by atoms with Crippen LogP contribution in [0.3, 0.4) is 0 Å². The molecule has 3 aromatic rings. The second kappa shape index (κ2) is 9.89. The summed E-state index contributed by atoms with van der Waals surface area (Å²) in [7, 11) is 1.66. The maximum Gasteiger partial charge on any atom is 0.259 e. The number of aromatic nitrogens is 2. The average Bonchev–Trinajstić information content (AvgIpc) is 3.47. The molecule has 1 aliphatic carbocycles. The second-order valence-electron chi connectivity index (χ2n) is 8.72. The molecule has 8 heteroatoms. The van der Waals surface area contributed by atoms with Crippen molar-refractivity contribution in [2.45, 2.75) is 56.7 Å². The van der Waals surface area contributed by atoms with Crippen molar-refractivity contribution >= 4 is 39.2 Å². The molecule has 6 nitrogen and oxygen atoms in total. The lowest BCUT2D eigenvalue weighted by molar-refractivity contribution is -0.131. The molecule has 5 rings (SSSR count). The Kier molecular flexibility index (Phi) is 6.74. The molecule has 1 saturated heterocycles. The van der Waals surface area contributed by atoms with Gasteiger partial charge in [0.2, 0.25) is 5.91 Å². The van der Waals surface area contributed by atoms with Gasteiger partial charge in [0.1, 0.15) is 16.4 Å². The molecule has 1 unspecified atom stereocenters. The maximum absolute atomic E-state index is 12.9. The molecular weight excluding hydrogens is 454 g/mol. The number of amides is 1. The first-order chi connectivity index (χ1) is 16.1. The van der Waals surface area contributed by atoms with Gasteiger partial charge < -0.3 is 14.6 Å². The number of benzene rings is 1. The van der Waals surface area contributed by atoms with Crippen molar-refractivity contribution in [2.24, 2.45) is 0 Å². The third-order valence-electron chi connectivity index (χ3n) is 6.65. The number of aromatic amines is 1. The normalized spacial score (nSPS) is 18.0. The molecule has 1 amide bonds. The highest BCUT2D eigenvalue weighted by Gasteiger charge is 2.29. The number of rotatable bonds is 7. The van der Waals surface area contributed by atoms with Crippen molar-refractivity contribution < 1.29 is 9.53 Å². The monoisotopic (exact) mass is 483 g/mol. The third kappa shape index (κ3) is 4.68. The van der Waals surface area contributed by atoms with Crippen molar-refractivity contribution in [3.05, 3.63) is 56.4 Å². The van der Waals surface area contributed by atoms with E-state index in [2.05, 4.69) is 17.1 Å². The van der Waals surface area contributed by atoms with E-state index in [0.29, 0.717) is 23.8 Å². The molecule has 1 N–H and O–H groups in total. The minimum atomic E-state index is -0.00882. The van der Waals surface area contributed by atoms with Crippen LogP contribution >= 0.6 is 23.1 Å². The molecule has 2 aromatic heterocycles. The van der Waals surface area contributed by atoms with Gasteiger partial charge in [-0.05, 0) is 61.8 Å². The van der Waals surface area contributed by atoms with Gasteiger partial charge >= 0.3 is 0 Å². The van der Waals surface area contributed by atoms with Crippen molar-refractivity contribution in [1.82, 2.24) is 14.9 Å². The Balaban J connectivity index is 1.17. The number of fused-ring (bicyclic) bond motifs is 3. The summed E-state index contributed by atoms with van der Waals surface area (Å²) in [5.74, 6) is 3.07. The van der Waals surface area contributed by atoms with Gasteiger partial charge in [0.25, 0.3) is 5.56 Å². The number of methoxy groups -OCH3 is 1. The van der Waals surface area contributed by atoms with Crippen LogP contribution in [0.1, 0.15) is 60.0 Å². The SMILES string of the molecule is COc1ccc(C2CCCN2C(=O)CCSCc2nc3sc4c(c3c(=O)[nH]2)CCCC4)cc1. The molecule has 1 fully saturated rings. The summed E-state index contributed by atoms with van der Waals surface area (Å²) in [4.78, 5) is 37.6. The Labute approximate surface area is 201 Å². The number of nitrogens with zero attached hydrogens (tertiary/aromatic N) is 2. The largest absolute Gasteiger partial charge is 0.497 e. The van der Waals surface area contributed by atoms with Crippen molar-refractivity contribution in [3.63, 3.8) is 0 Å². The highest BCUT2D eigenvalue weighted by atomic mass is 32.2. The predicted octanol–water partition coefficient (Wildman–Crippen LogP) is 4.86. The number of carbonyl (C=O) groups is 1. The molecule has 0 bridgehead atoms. The Morgan fingerprint density at radius 2 is 2.06 bits per heavy atom. The van der Waals surface area contributed by atoms with Crippen LogP contribution in [0.25, 0.3) is 10.2 Å². The van der Waals surface area contributed by atoms with E-state index in [-0.39, 0.29) is 17.5 Å². The number of carbonyl (C=O) groups excluding carboxylic acids is 1. The van der Waals surface area contributed by atoms with Gasteiger partial charge in [0.05, 0.1) is 24.3 Å². The summed E-state index contributed by atoms with van der Waals surface area (Å²) in [5.41, 5.74) is 2.38. The van der Waals surface area contributed by atoms with Gasteiger partial charge in [0.15, 0.2) is 0 Å². The van der Waals surface area contributed by atoms with Gasteiger partial charge in [-0.2, -0.15) is 11.8 Å². The van der Waals surface area contributed by atoms with E-state index < -0.39 is 0 Å². The fourth-order valence-electron chi connectivity index (χ4n) is 4.99. The Morgan fingerprint density at radius 3 is 2.88 bits per heavy atom. The zero-order valence-corrected chi connectivity index (χ0v) is 20.5. The third-order valence-corrected chi connectivity index (χ3v) is 8.80. The first kappa shape index (κ1) is 22.5. The van der Waals surface area contributed by atoms with Gasteiger partial charge in [0, 0.05) is 23.6 Å². The number of aryl methyl sites for hydroxylation is 2. The zero-order valence-electron chi connectivity index (χ0n) is 18.9. The molecule has 33 heavy (non-hydrogen) atoms. The minimum Gasteiger partial charge on any atom is -0.497 e. The fourth-order valence-corrected chi connectivity index (χ4v) is 7.06. The first-order valence-electron chi connectivity index (χ1n) is 11.7. The average molecular weight is 484 g/mol. The fraction of sp³-hybridized carbons (Fsp3) is 0.480. The standard InChI is InChI=1S/C25H29N3O3S2/c1-31-17-10-8-16(9-11-17)19-6-4-13-28(19)22(29)12-14-32-15-21-26-24(30)23-18-5-2-3-7-20(18)33-25(23)27-21/h8-11,19H,2-7,12-15H2,1H3,(H,26,27,30). The molecule has 0 radical (unpaired) electrons. The van der Waals surface area contributed by atoms with Crippen LogP contribution < -0.4 is 10.3 Å². The molecule has 1 aromatic carbocycles. The Bertz CT molecular complexity index is 1200. The first-order valence-corrected chi connectivity index (χ1v) is 13.7. The number of likely N-dealkylation sites (tertiary alicyclic amines) is 1. The van der Waals surface area contributed by atoms with Gasteiger partial charge in [-0.3, -0.25) is 9.59 Å². The van der Waals surface area contributed by atoms with Crippen LogP contribution in [-0.4, -0.2) is 40.2 Å². The lowest BCUT2D eigenvalue weighted by Crippen LogP contribution is -2.30. The van der Waals surface area contributed by atoms with Crippen LogP contribution in [-0.2, 0) is 23.4 Å². The van der Waals surface area contributed by atoms with Gasteiger partial charge in [-0.25, -0.2) is 4.98 Å². The maximum atomic E-state index is 12.9. The smallest absolute Gasteiger partial charge is 0.259 e. The van der Waals surface area contributed by atoms with E-state index >= 15 is 0 Å². The molecule has 1 atom stereocenters. The predicted molar refractivity (Wildman–Crippen MR) is 134 cm³/mol. The molecule has 174 valence electrons. The summed E-state index contributed by atoms with van der Waals surface area (Å²) < 4.78 is 5.25. The van der Waals surface area contributed by atoms with Crippen molar-refractivity contribution in [1.29, 1.82) is 0 Å². The highest BCUT2D eigenvalue weighted by Crippen LogP contribution is 2.35. The summed E-state index contributed by atoms with van der Waals surface area (Å²) in [6.45, 7) is 0.814. The van der Waals surface area contributed by atoms with Crippen LogP contribution in [0.15, 0.2) is 29.1 Å². The number of hydrogen-bond acceptors (Lipinski definition) is 6. The van der Waals surface area contributed by atoms with E-state index in [0.717, 1.165) is 54.6 Å². The summed E-state index contributed by atoms with van der Waals surface area (Å²) >= 11 is 3.34. The molecule has 1 aliphatic heterocycles. The van der Waals surface area contributed by atoms with Crippen LogP contribution in [0.5, 0.6) is 5.75 Å². The quantitative estimate of drug-likeness (QED) is 0.486. The minimum absolute atomic E-state index is 0.00882.